The number of carbonyl (C=O) groups excluding carboxylic acids is 1. The summed E-state index contributed by atoms with van der Waals surface area (Å²) >= 11 is 0. The van der Waals surface area contributed by atoms with Crippen LogP contribution in [0.5, 0.6) is 17.2 Å². The minimum atomic E-state index is -0.888. The molecule has 2 heterocycles. The van der Waals surface area contributed by atoms with E-state index >= 15 is 0 Å². The second kappa shape index (κ2) is 17.8. The van der Waals surface area contributed by atoms with Gasteiger partial charge in [0.25, 0.3) is 5.91 Å². The van der Waals surface area contributed by atoms with E-state index in [9.17, 15) is 18.4 Å². The number of hydrogen-bond donors (Lipinski definition) is 0. The van der Waals surface area contributed by atoms with Gasteiger partial charge in [0.05, 0.1) is 43.8 Å². The summed E-state index contributed by atoms with van der Waals surface area (Å²) in [5, 5.41) is 0.231. The normalized spacial score (nSPS) is 10.9. The Balaban J connectivity index is 1.45. The molecule has 2 aromatic heterocycles. The molecule has 1 amide bonds. The topological polar surface area (TPSA) is 73.9 Å². The molecule has 264 valence electrons. The van der Waals surface area contributed by atoms with E-state index in [1.54, 1.807) is 41.0 Å². The zero-order valence-corrected chi connectivity index (χ0v) is 28.9. The molecule has 0 saturated carbocycles. The lowest BCUT2D eigenvalue weighted by Crippen LogP contribution is -2.35. The number of halogens is 2. The van der Waals surface area contributed by atoms with Gasteiger partial charge < -0.3 is 18.8 Å². The van der Waals surface area contributed by atoms with Gasteiger partial charge in [-0.25, -0.2) is 13.3 Å². The van der Waals surface area contributed by atoms with Crippen LogP contribution >= 0.6 is 0 Å². The van der Waals surface area contributed by atoms with E-state index in [1.165, 1.54) is 13.3 Å². The van der Waals surface area contributed by atoms with Crippen molar-refractivity contribution in [2.24, 2.45) is 0 Å². The first-order valence-corrected chi connectivity index (χ1v) is 17.1. The highest BCUT2D eigenvalue weighted by Gasteiger charge is 2.24. The minimum absolute atomic E-state index is 0.114. The zero-order chi connectivity index (χ0) is 36.2. The Bertz CT molecular complexity index is 2040. The van der Waals surface area contributed by atoms with Gasteiger partial charge in [-0.3, -0.25) is 14.5 Å². The highest BCUT2D eigenvalue weighted by Crippen LogP contribution is 2.30. The Labute approximate surface area is 296 Å². The number of nitrogens with zero attached hydrogens (tertiary/aromatic N) is 3. The molecule has 8 nitrogen and oxygen atoms in total. The molecule has 0 bridgehead atoms. The molecule has 0 N–H and O–H groups in total. The fraction of sp³-hybridized carbons (Fsp3) is 0.293. The van der Waals surface area contributed by atoms with Crippen molar-refractivity contribution >= 4 is 22.5 Å². The van der Waals surface area contributed by atoms with Crippen LogP contribution in [0.3, 0.4) is 0 Å². The predicted octanol–water partition coefficient (Wildman–Crippen LogP) is 7.66. The second-order valence-corrected chi connectivity index (χ2v) is 12.1. The highest BCUT2D eigenvalue weighted by molar-refractivity contribution is 6.08. The first kappa shape index (κ1) is 36.6. The zero-order valence-electron chi connectivity index (χ0n) is 28.9. The molecule has 0 aliphatic carbocycles. The molecule has 0 fully saturated rings. The number of aryl methyl sites for hydroxylation is 1. The van der Waals surface area contributed by atoms with Gasteiger partial charge in [-0.1, -0.05) is 31.8 Å². The third-order valence-electron chi connectivity index (χ3n) is 8.32. The summed E-state index contributed by atoms with van der Waals surface area (Å²) in [6.07, 6.45) is 17.1. The molecule has 0 saturated heterocycles. The average molecular weight is 695 g/mol. The third kappa shape index (κ3) is 9.51. The number of methoxy groups -OCH3 is 1. The Kier molecular flexibility index (Phi) is 12.8. The Morgan fingerprint density at radius 3 is 2.29 bits per heavy atom. The van der Waals surface area contributed by atoms with Crippen LogP contribution in [0.1, 0.15) is 55.8 Å². The van der Waals surface area contributed by atoms with Crippen LogP contribution in [0.4, 0.5) is 14.5 Å². The number of rotatable bonds is 17. The van der Waals surface area contributed by atoms with Gasteiger partial charge in [0.15, 0.2) is 12.4 Å². The number of terminal acetylenes is 1. The van der Waals surface area contributed by atoms with Crippen molar-refractivity contribution in [2.75, 3.05) is 31.8 Å². The van der Waals surface area contributed by atoms with Crippen LogP contribution in [0.25, 0.3) is 16.6 Å². The molecular formula is C41H42F2N3O5+. The number of amides is 1. The van der Waals surface area contributed by atoms with Crippen LogP contribution in [0, 0.1) is 24.0 Å². The quantitative estimate of drug-likeness (QED) is 0.0568. The van der Waals surface area contributed by atoms with E-state index in [0.29, 0.717) is 47.7 Å². The van der Waals surface area contributed by atoms with Crippen molar-refractivity contribution in [3.8, 4) is 35.3 Å². The van der Waals surface area contributed by atoms with Crippen molar-refractivity contribution in [3.63, 3.8) is 0 Å². The summed E-state index contributed by atoms with van der Waals surface area (Å²) in [7, 11) is 1.53. The monoisotopic (exact) mass is 694 g/mol. The van der Waals surface area contributed by atoms with E-state index in [0.717, 1.165) is 62.1 Å². The maximum atomic E-state index is 14.2. The molecule has 5 rings (SSSR count). The molecule has 0 aliphatic rings. The number of benzene rings is 3. The molecule has 0 radical (unpaired) electrons. The second-order valence-electron chi connectivity index (χ2n) is 12.1. The number of anilines is 1. The van der Waals surface area contributed by atoms with E-state index < -0.39 is 23.0 Å². The molecular weight excluding hydrogens is 652 g/mol. The first-order chi connectivity index (χ1) is 24.8. The van der Waals surface area contributed by atoms with Gasteiger partial charge in [0.1, 0.15) is 41.0 Å². The van der Waals surface area contributed by atoms with Gasteiger partial charge in [0, 0.05) is 60.5 Å². The molecule has 0 spiro atoms. The van der Waals surface area contributed by atoms with Crippen molar-refractivity contribution in [1.29, 1.82) is 0 Å². The minimum Gasteiger partial charge on any atom is -0.497 e. The lowest BCUT2D eigenvalue weighted by molar-refractivity contribution is -0.697. The number of aromatic nitrogens is 2. The van der Waals surface area contributed by atoms with Crippen LogP contribution < -0.4 is 29.1 Å². The predicted molar refractivity (Wildman–Crippen MR) is 194 cm³/mol. The lowest BCUT2D eigenvalue weighted by Gasteiger charge is -2.22. The number of carbonyl (C=O) groups is 1. The first-order valence-electron chi connectivity index (χ1n) is 17.1. The fourth-order valence-corrected chi connectivity index (χ4v) is 5.79. The fourth-order valence-electron chi connectivity index (χ4n) is 5.79. The van der Waals surface area contributed by atoms with E-state index in [4.69, 9.17) is 20.6 Å². The summed E-state index contributed by atoms with van der Waals surface area (Å²) in [6.45, 7) is 3.63. The van der Waals surface area contributed by atoms with Gasteiger partial charge in [-0.15, -0.1) is 6.42 Å². The molecule has 3 aromatic carbocycles. The summed E-state index contributed by atoms with van der Waals surface area (Å²) < 4.78 is 49.9. The lowest BCUT2D eigenvalue weighted by atomic mass is 10.1. The largest absolute Gasteiger partial charge is 0.497 e. The number of ether oxygens (including phenoxy) is 3. The van der Waals surface area contributed by atoms with Gasteiger partial charge >= 0.3 is 0 Å². The summed E-state index contributed by atoms with van der Waals surface area (Å²) in [5.74, 6) is 1.36. The number of hydrogen-bond acceptors (Lipinski definition) is 5. The molecule has 0 unspecified atom stereocenters. The van der Waals surface area contributed by atoms with E-state index in [-0.39, 0.29) is 23.2 Å². The third-order valence-corrected chi connectivity index (χ3v) is 8.32. The van der Waals surface area contributed by atoms with Crippen LogP contribution in [-0.2, 0) is 6.54 Å². The number of fused-ring (bicyclic) bond motifs is 1. The standard InChI is InChI=1S/C41H42F2N3O5/c1-4-16-45(32-23-30(42)22-31(43)24-32)41(48)38-29-46(33-25-35(49-3)27-36(26-33)50-20-5-2)39-28-34(14-15-37(39)40(38)47)51-21-13-8-6-7-10-17-44-18-11-9-12-19-44/h1,9,11-12,14-15,18-19,22-29H,5-8,10,13,16-17,20-21H2,2-3H3/q+1. The summed E-state index contributed by atoms with van der Waals surface area (Å²) in [6, 6.07) is 19.1. The molecule has 0 aliphatic heterocycles. The maximum Gasteiger partial charge on any atom is 0.264 e. The van der Waals surface area contributed by atoms with Crippen molar-refractivity contribution in [2.45, 2.75) is 52.0 Å². The number of pyridine rings is 2. The van der Waals surface area contributed by atoms with Gasteiger partial charge in [-0.2, -0.15) is 0 Å². The summed E-state index contributed by atoms with van der Waals surface area (Å²) in [4.78, 5) is 29.0. The number of unbranched alkanes of at least 4 members (excludes halogenated alkanes) is 4. The van der Waals surface area contributed by atoms with Gasteiger partial charge in [-0.05, 0) is 43.5 Å². The summed E-state index contributed by atoms with van der Waals surface area (Å²) in [5.41, 5.74) is 0.0846. The molecule has 10 heteroatoms. The van der Waals surface area contributed by atoms with Crippen LogP contribution in [0.2, 0.25) is 0 Å². The van der Waals surface area contributed by atoms with Crippen LogP contribution in [-0.4, -0.2) is 37.3 Å². The Hall–Kier alpha value is -5.69. The average Bonchev–Trinajstić information content (AvgIpc) is 3.13. The molecule has 51 heavy (non-hydrogen) atoms. The van der Waals surface area contributed by atoms with Crippen molar-refractivity contribution in [3.05, 3.63) is 119 Å². The van der Waals surface area contributed by atoms with E-state index in [1.807, 2.05) is 25.1 Å². The Morgan fingerprint density at radius 2 is 1.57 bits per heavy atom. The van der Waals surface area contributed by atoms with E-state index in [2.05, 4.69) is 22.9 Å². The maximum absolute atomic E-state index is 14.2. The van der Waals surface area contributed by atoms with Crippen molar-refractivity contribution < 1.29 is 32.4 Å². The Morgan fingerprint density at radius 1 is 0.863 bits per heavy atom. The van der Waals surface area contributed by atoms with Crippen LogP contribution in [0.15, 0.2) is 96.2 Å². The smallest absolute Gasteiger partial charge is 0.264 e. The van der Waals surface area contributed by atoms with Crippen molar-refractivity contribution in [1.82, 2.24) is 4.57 Å². The molecule has 0 atom stereocenters. The SMILES string of the molecule is C#CCN(C(=O)c1cn(-c2cc(OC)cc(OCCC)c2)c2cc(OCCCCCCC[n+]3ccccc3)ccc2c1=O)c1cc(F)cc(F)c1. The molecule has 5 aromatic rings. The van der Waals surface area contributed by atoms with Gasteiger partial charge in [0.2, 0.25) is 5.43 Å². The highest BCUT2D eigenvalue weighted by atomic mass is 19.1.